The SMILES string of the molecule is CCn1cc(C(NN)c2ccc(Br)cc2OC)cn1. The van der Waals surface area contributed by atoms with Gasteiger partial charge < -0.3 is 4.74 Å². The number of hydrazine groups is 1. The monoisotopic (exact) mass is 324 g/mol. The fraction of sp³-hybridized carbons (Fsp3) is 0.308. The lowest BCUT2D eigenvalue weighted by Gasteiger charge is -2.18. The Morgan fingerprint density at radius 1 is 1.53 bits per heavy atom. The number of nitrogens with one attached hydrogen (secondary N) is 1. The second-order valence-corrected chi connectivity index (χ2v) is 5.03. The number of halogens is 1. The minimum absolute atomic E-state index is 0.150. The van der Waals surface area contributed by atoms with Crippen LogP contribution in [-0.4, -0.2) is 16.9 Å². The molecule has 0 amide bonds. The molecular formula is C13H17BrN4O. The van der Waals surface area contributed by atoms with Crippen LogP contribution in [0.3, 0.4) is 0 Å². The summed E-state index contributed by atoms with van der Waals surface area (Å²) in [4.78, 5) is 0. The minimum Gasteiger partial charge on any atom is -0.496 e. The fourth-order valence-electron chi connectivity index (χ4n) is 1.99. The molecule has 0 aliphatic heterocycles. The number of methoxy groups -OCH3 is 1. The zero-order valence-electron chi connectivity index (χ0n) is 10.9. The summed E-state index contributed by atoms with van der Waals surface area (Å²) in [5, 5.41) is 4.27. The second-order valence-electron chi connectivity index (χ2n) is 4.12. The quantitative estimate of drug-likeness (QED) is 0.654. The van der Waals surface area contributed by atoms with Crippen LogP contribution in [0.5, 0.6) is 5.75 Å². The number of hydrogen-bond acceptors (Lipinski definition) is 4. The zero-order chi connectivity index (χ0) is 13.8. The van der Waals surface area contributed by atoms with E-state index in [1.54, 1.807) is 7.11 Å². The van der Waals surface area contributed by atoms with Crippen molar-refractivity contribution in [1.82, 2.24) is 15.2 Å². The average Bonchev–Trinajstić information content (AvgIpc) is 2.89. The smallest absolute Gasteiger partial charge is 0.125 e. The predicted molar refractivity (Wildman–Crippen MR) is 77.8 cm³/mol. The maximum Gasteiger partial charge on any atom is 0.125 e. The average molecular weight is 325 g/mol. The molecule has 1 unspecified atom stereocenters. The van der Waals surface area contributed by atoms with E-state index in [9.17, 15) is 0 Å². The Bertz CT molecular complexity index is 555. The molecule has 0 bridgehead atoms. The molecule has 1 atom stereocenters. The van der Waals surface area contributed by atoms with Gasteiger partial charge in [-0.25, -0.2) is 5.43 Å². The summed E-state index contributed by atoms with van der Waals surface area (Å²) in [7, 11) is 1.65. The van der Waals surface area contributed by atoms with Crippen LogP contribution in [0.4, 0.5) is 0 Å². The highest BCUT2D eigenvalue weighted by Gasteiger charge is 2.18. The van der Waals surface area contributed by atoms with Gasteiger partial charge in [-0.05, 0) is 19.1 Å². The van der Waals surface area contributed by atoms with Crippen molar-refractivity contribution in [3.63, 3.8) is 0 Å². The molecule has 0 fully saturated rings. The lowest BCUT2D eigenvalue weighted by Crippen LogP contribution is -2.29. The lowest BCUT2D eigenvalue weighted by molar-refractivity contribution is 0.404. The first-order valence-corrected chi connectivity index (χ1v) is 6.80. The third-order valence-corrected chi connectivity index (χ3v) is 3.48. The van der Waals surface area contributed by atoms with Crippen molar-refractivity contribution in [3.8, 4) is 5.75 Å². The van der Waals surface area contributed by atoms with Crippen LogP contribution in [0.1, 0.15) is 24.1 Å². The summed E-state index contributed by atoms with van der Waals surface area (Å²) >= 11 is 3.43. The van der Waals surface area contributed by atoms with Gasteiger partial charge in [0.15, 0.2) is 0 Å². The van der Waals surface area contributed by atoms with Gasteiger partial charge in [0.25, 0.3) is 0 Å². The molecule has 1 aromatic carbocycles. The summed E-state index contributed by atoms with van der Waals surface area (Å²) in [5.41, 5.74) is 4.80. The standard InChI is InChI=1S/C13H17BrN4O/c1-3-18-8-9(7-16-18)13(17-15)11-5-4-10(14)6-12(11)19-2/h4-8,13,17H,3,15H2,1-2H3. The Morgan fingerprint density at radius 3 is 2.89 bits per heavy atom. The molecule has 2 rings (SSSR count). The van der Waals surface area contributed by atoms with E-state index in [1.807, 2.05) is 42.2 Å². The number of nitrogens with two attached hydrogens (primary N) is 1. The third kappa shape index (κ3) is 2.97. The molecule has 2 aromatic rings. The number of aryl methyl sites for hydroxylation is 1. The number of ether oxygens (including phenoxy) is 1. The molecule has 6 heteroatoms. The number of nitrogens with zero attached hydrogens (tertiary/aromatic N) is 2. The Morgan fingerprint density at radius 2 is 2.32 bits per heavy atom. The third-order valence-electron chi connectivity index (χ3n) is 2.98. The summed E-state index contributed by atoms with van der Waals surface area (Å²) in [5.74, 6) is 6.47. The number of aromatic nitrogens is 2. The second kappa shape index (κ2) is 6.18. The number of hydrogen-bond donors (Lipinski definition) is 2. The van der Waals surface area contributed by atoms with Crippen LogP contribution in [0, 0.1) is 0 Å². The molecule has 1 aromatic heterocycles. The van der Waals surface area contributed by atoms with Crippen LogP contribution in [0.15, 0.2) is 35.1 Å². The van der Waals surface area contributed by atoms with Crippen LogP contribution in [0.25, 0.3) is 0 Å². The lowest BCUT2D eigenvalue weighted by atomic mass is 10.0. The summed E-state index contributed by atoms with van der Waals surface area (Å²) < 4.78 is 8.24. The van der Waals surface area contributed by atoms with Gasteiger partial charge in [-0.3, -0.25) is 10.5 Å². The van der Waals surface area contributed by atoms with Gasteiger partial charge in [0, 0.05) is 28.3 Å². The highest BCUT2D eigenvalue weighted by Crippen LogP contribution is 2.31. The van der Waals surface area contributed by atoms with Crippen LogP contribution >= 0.6 is 15.9 Å². The van der Waals surface area contributed by atoms with Crippen molar-refractivity contribution >= 4 is 15.9 Å². The van der Waals surface area contributed by atoms with Crippen molar-refractivity contribution < 1.29 is 4.74 Å². The number of benzene rings is 1. The summed E-state index contributed by atoms with van der Waals surface area (Å²) in [6.07, 6.45) is 3.79. The zero-order valence-corrected chi connectivity index (χ0v) is 12.5. The summed E-state index contributed by atoms with van der Waals surface area (Å²) in [6.45, 7) is 2.87. The molecule has 19 heavy (non-hydrogen) atoms. The maximum atomic E-state index is 5.69. The normalized spacial score (nSPS) is 12.4. The molecule has 0 aliphatic carbocycles. The maximum absolute atomic E-state index is 5.69. The van der Waals surface area contributed by atoms with E-state index >= 15 is 0 Å². The fourth-order valence-corrected chi connectivity index (χ4v) is 2.33. The van der Waals surface area contributed by atoms with Crippen LogP contribution in [-0.2, 0) is 6.54 Å². The summed E-state index contributed by atoms with van der Waals surface area (Å²) in [6, 6.07) is 5.72. The van der Waals surface area contributed by atoms with Gasteiger partial charge in [-0.1, -0.05) is 22.0 Å². The molecular weight excluding hydrogens is 308 g/mol. The molecule has 0 spiro atoms. The molecule has 102 valence electrons. The minimum atomic E-state index is -0.150. The van der Waals surface area contributed by atoms with E-state index in [0.29, 0.717) is 0 Å². The van der Waals surface area contributed by atoms with E-state index < -0.39 is 0 Å². The molecule has 5 nitrogen and oxygen atoms in total. The molecule has 0 saturated heterocycles. The van der Waals surface area contributed by atoms with E-state index in [0.717, 1.165) is 27.9 Å². The Kier molecular flexibility index (Phi) is 4.57. The van der Waals surface area contributed by atoms with E-state index in [2.05, 4.69) is 26.5 Å². The van der Waals surface area contributed by atoms with Crippen molar-refractivity contribution in [2.75, 3.05) is 7.11 Å². The van der Waals surface area contributed by atoms with Gasteiger partial charge in [0.1, 0.15) is 5.75 Å². The first kappa shape index (κ1) is 14.0. The molecule has 0 aliphatic rings. The van der Waals surface area contributed by atoms with Crippen LogP contribution < -0.4 is 16.0 Å². The van der Waals surface area contributed by atoms with Crippen molar-refractivity contribution in [2.45, 2.75) is 19.5 Å². The predicted octanol–water partition coefficient (Wildman–Crippen LogP) is 2.23. The molecule has 1 heterocycles. The van der Waals surface area contributed by atoms with Crippen molar-refractivity contribution in [3.05, 3.63) is 46.2 Å². The van der Waals surface area contributed by atoms with Gasteiger partial charge in [-0.15, -0.1) is 0 Å². The number of rotatable bonds is 5. The van der Waals surface area contributed by atoms with Gasteiger partial charge in [0.2, 0.25) is 0 Å². The molecule has 0 radical (unpaired) electrons. The highest BCUT2D eigenvalue weighted by molar-refractivity contribution is 9.10. The Balaban J connectivity index is 2.41. The topological polar surface area (TPSA) is 65.1 Å². The molecule has 0 saturated carbocycles. The first-order valence-electron chi connectivity index (χ1n) is 6.01. The van der Waals surface area contributed by atoms with Gasteiger partial charge in [0.05, 0.1) is 19.3 Å². The van der Waals surface area contributed by atoms with E-state index in [-0.39, 0.29) is 6.04 Å². The van der Waals surface area contributed by atoms with Crippen LogP contribution in [0.2, 0.25) is 0 Å². The Hall–Kier alpha value is -1.37. The van der Waals surface area contributed by atoms with Gasteiger partial charge >= 0.3 is 0 Å². The van der Waals surface area contributed by atoms with E-state index in [4.69, 9.17) is 10.6 Å². The van der Waals surface area contributed by atoms with Crippen molar-refractivity contribution in [2.24, 2.45) is 5.84 Å². The first-order chi connectivity index (χ1) is 9.19. The van der Waals surface area contributed by atoms with Gasteiger partial charge in [-0.2, -0.15) is 5.10 Å². The van der Waals surface area contributed by atoms with E-state index in [1.165, 1.54) is 0 Å². The largest absolute Gasteiger partial charge is 0.496 e. The molecule has 3 N–H and O–H groups in total. The van der Waals surface area contributed by atoms with Crippen molar-refractivity contribution in [1.29, 1.82) is 0 Å². The highest BCUT2D eigenvalue weighted by atomic mass is 79.9. The Labute approximate surface area is 120 Å².